The summed E-state index contributed by atoms with van der Waals surface area (Å²) in [6.45, 7) is 3.13. The number of carbonyl (C=O) groups is 1. The topological polar surface area (TPSA) is 55.8 Å². The highest BCUT2D eigenvalue weighted by Gasteiger charge is 2.39. The Morgan fingerprint density at radius 2 is 2.33 bits per heavy atom. The van der Waals surface area contributed by atoms with Gasteiger partial charge in [-0.3, -0.25) is 4.79 Å². The van der Waals surface area contributed by atoms with Crippen molar-refractivity contribution >= 4 is 5.97 Å². The number of aliphatic carboxylic acids is 1. The highest BCUT2D eigenvalue weighted by molar-refractivity contribution is 5.67. The van der Waals surface area contributed by atoms with Gasteiger partial charge in [0.05, 0.1) is 18.6 Å². The van der Waals surface area contributed by atoms with E-state index in [2.05, 4.69) is 0 Å². The smallest absolute Gasteiger partial charge is 0.303 e. The molecule has 1 rings (SSSR count). The van der Waals surface area contributed by atoms with Gasteiger partial charge in [0.2, 0.25) is 0 Å². The Morgan fingerprint density at radius 3 is 2.80 bits per heavy atom. The largest absolute Gasteiger partial charge is 0.481 e. The van der Waals surface area contributed by atoms with Crippen LogP contribution in [0.2, 0.25) is 0 Å². The van der Waals surface area contributed by atoms with E-state index in [1.807, 2.05) is 6.92 Å². The molecule has 1 saturated heterocycles. The van der Waals surface area contributed by atoms with E-state index in [9.17, 15) is 4.79 Å². The number of rotatable bonds is 5. The molecule has 1 aliphatic rings. The molecule has 1 N–H and O–H groups in total. The first-order valence-corrected chi connectivity index (χ1v) is 5.45. The van der Waals surface area contributed by atoms with Crippen LogP contribution < -0.4 is 0 Å². The summed E-state index contributed by atoms with van der Waals surface area (Å²) in [7, 11) is 1.63. The molecule has 0 aromatic carbocycles. The summed E-state index contributed by atoms with van der Waals surface area (Å²) in [5, 5.41) is 8.80. The number of hydrogen-bond donors (Lipinski definition) is 1. The number of carboxylic acid groups (broad SMARTS) is 1. The van der Waals surface area contributed by atoms with E-state index in [0.29, 0.717) is 13.2 Å². The summed E-state index contributed by atoms with van der Waals surface area (Å²) in [4.78, 5) is 10.7. The number of methoxy groups -OCH3 is 1. The van der Waals surface area contributed by atoms with Gasteiger partial charge in [-0.15, -0.1) is 0 Å². The number of hydrogen-bond acceptors (Lipinski definition) is 3. The highest BCUT2D eigenvalue weighted by atomic mass is 16.5. The molecule has 0 saturated carbocycles. The average molecular weight is 216 g/mol. The van der Waals surface area contributed by atoms with Gasteiger partial charge in [-0.2, -0.15) is 0 Å². The normalized spacial score (nSPS) is 28.7. The van der Waals surface area contributed by atoms with Crippen molar-refractivity contribution < 1.29 is 19.4 Å². The molecule has 0 radical (unpaired) electrons. The van der Waals surface area contributed by atoms with Crippen LogP contribution in [-0.4, -0.2) is 37.0 Å². The van der Waals surface area contributed by atoms with Gasteiger partial charge >= 0.3 is 5.97 Å². The third-order valence-corrected chi connectivity index (χ3v) is 3.15. The van der Waals surface area contributed by atoms with Crippen LogP contribution in [0.3, 0.4) is 0 Å². The Balaban J connectivity index is 2.65. The molecule has 4 nitrogen and oxygen atoms in total. The lowest BCUT2D eigenvalue weighted by Gasteiger charge is -2.41. The Labute approximate surface area is 90.6 Å². The monoisotopic (exact) mass is 216 g/mol. The van der Waals surface area contributed by atoms with E-state index < -0.39 is 5.97 Å². The molecule has 2 atom stereocenters. The average Bonchev–Trinajstić information content (AvgIpc) is 2.18. The molecule has 0 spiro atoms. The zero-order chi connectivity index (χ0) is 11.3. The lowest BCUT2D eigenvalue weighted by Crippen LogP contribution is -2.47. The SMILES string of the molecule is COCC1(C(C)CC(=O)O)CCCCO1. The number of carboxylic acids is 1. The van der Waals surface area contributed by atoms with Crippen LogP contribution in [0.1, 0.15) is 32.6 Å². The summed E-state index contributed by atoms with van der Waals surface area (Å²) in [5.41, 5.74) is -0.384. The Hall–Kier alpha value is -0.610. The third-order valence-electron chi connectivity index (χ3n) is 3.15. The van der Waals surface area contributed by atoms with Crippen LogP contribution in [-0.2, 0) is 14.3 Å². The maximum Gasteiger partial charge on any atom is 0.303 e. The van der Waals surface area contributed by atoms with Crippen LogP contribution in [0, 0.1) is 5.92 Å². The molecule has 0 amide bonds. The molecule has 0 aromatic heterocycles. The van der Waals surface area contributed by atoms with Crippen LogP contribution in [0.15, 0.2) is 0 Å². The van der Waals surface area contributed by atoms with Gasteiger partial charge in [-0.05, 0) is 25.2 Å². The molecule has 1 heterocycles. The molecule has 2 unspecified atom stereocenters. The molecule has 1 aliphatic heterocycles. The fourth-order valence-electron chi connectivity index (χ4n) is 2.21. The van der Waals surface area contributed by atoms with E-state index in [-0.39, 0.29) is 17.9 Å². The van der Waals surface area contributed by atoms with Gasteiger partial charge in [0.25, 0.3) is 0 Å². The van der Waals surface area contributed by atoms with Crippen molar-refractivity contribution in [1.29, 1.82) is 0 Å². The van der Waals surface area contributed by atoms with Gasteiger partial charge in [-0.25, -0.2) is 0 Å². The first-order chi connectivity index (χ1) is 7.10. The molecule has 88 valence electrons. The summed E-state index contributed by atoms with van der Waals surface area (Å²) in [5.74, 6) is -0.776. The Morgan fingerprint density at radius 1 is 1.60 bits per heavy atom. The van der Waals surface area contributed by atoms with Gasteiger partial charge in [0.1, 0.15) is 0 Å². The van der Waals surface area contributed by atoms with Crippen molar-refractivity contribution in [1.82, 2.24) is 0 Å². The van der Waals surface area contributed by atoms with Crippen LogP contribution in [0.5, 0.6) is 0 Å². The van der Waals surface area contributed by atoms with Crippen LogP contribution >= 0.6 is 0 Å². The molecule has 15 heavy (non-hydrogen) atoms. The van der Waals surface area contributed by atoms with E-state index in [1.165, 1.54) is 0 Å². The standard InChI is InChI=1S/C11H20O4/c1-9(7-10(12)13)11(8-14-2)5-3-4-6-15-11/h9H,3-8H2,1-2H3,(H,12,13). The zero-order valence-electron chi connectivity index (χ0n) is 9.49. The van der Waals surface area contributed by atoms with Crippen LogP contribution in [0.4, 0.5) is 0 Å². The Kier molecular flexibility index (Phi) is 4.54. The van der Waals surface area contributed by atoms with Gasteiger partial charge in [0, 0.05) is 13.7 Å². The van der Waals surface area contributed by atoms with E-state index >= 15 is 0 Å². The lowest BCUT2D eigenvalue weighted by molar-refractivity contribution is -0.158. The second-order valence-corrected chi connectivity index (χ2v) is 4.30. The van der Waals surface area contributed by atoms with Crippen molar-refractivity contribution in [3.05, 3.63) is 0 Å². The summed E-state index contributed by atoms with van der Waals surface area (Å²) >= 11 is 0. The minimum atomic E-state index is -0.771. The predicted molar refractivity (Wildman–Crippen MR) is 55.8 cm³/mol. The molecular formula is C11H20O4. The van der Waals surface area contributed by atoms with Crippen LogP contribution in [0.25, 0.3) is 0 Å². The fraction of sp³-hybridized carbons (Fsp3) is 0.909. The molecule has 0 aliphatic carbocycles. The van der Waals surface area contributed by atoms with Gasteiger partial charge in [0.15, 0.2) is 0 Å². The second kappa shape index (κ2) is 5.47. The van der Waals surface area contributed by atoms with Crippen molar-refractivity contribution in [2.75, 3.05) is 20.3 Å². The molecular weight excluding hydrogens is 196 g/mol. The summed E-state index contributed by atoms with van der Waals surface area (Å²) < 4.78 is 10.9. The lowest BCUT2D eigenvalue weighted by atomic mass is 9.81. The van der Waals surface area contributed by atoms with Gasteiger partial charge in [-0.1, -0.05) is 6.92 Å². The summed E-state index contributed by atoms with van der Waals surface area (Å²) in [6.07, 6.45) is 3.19. The minimum absolute atomic E-state index is 0.00440. The molecule has 4 heteroatoms. The maximum atomic E-state index is 10.7. The predicted octanol–water partition coefficient (Wildman–Crippen LogP) is 1.68. The first-order valence-electron chi connectivity index (χ1n) is 5.45. The van der Waals surface area contributed by atoms with E-state index in [1.54, 1.807) is 7.11 Å². The van der Waals surface area contributed by atoms with Gasteiger partial charge < -0.3 is 14.6 Å². The molecule has 0 aromatic rings. The summed E-state index contributed by atoms with van der Waals surface area (Å²) in [6, 6.07) is 0. The highest BCUT2D eigenvalue weighted by Crippen LogP contribution is 2.34. The van der Waals surface area contributed by atoms with Crippen molar-refractivity contribution in [2.45, 2.75) is 38.2 Å². The first kappa shape index (κ1) is 12.5. The number of ether oxygens (including phenoxy) is 2. The maximum absolute atomic E-state index is 10.7. The van der Waals surface area contributed by atoms with Crippen molar-refractivity contribution in [2.24, 2.45) is 5.92 Å². The quantitative estimate of drug-likeness (QED) is 0.759. The third kappa shape index (κ3) is 3.18. The minimum Gasteiger partial charge on any atom is -0.481 e. The second-order valence-electron chi connectivity index (χ2n) is 4.30. The van der Waals surface area contributed by atoms with Crippen molar-refractivity contribution in [3.63, 3.8) is 0 Å². The molecule has 0 bridgehead atoms. The van der Waals surface area contributed by atoms with Crippen molar-refractivity contribution in [3.8, 4) is 0 Å². The Bertz CT molecular complexity index is 203. The zero-order valence-corrected chi connectivity index (χ0v) is 9.49. The van der Waals surface area contributed by atoms with E-state index in [4.69, 9.17) is 14.6 Å². The van der Waals surface area contributed by atoms with E-state index in [0.717, 1.165) is 19.3 Å². The fourth-order valence-corrected chi connectivity index (χ4v) is 2.21. The molecule has 1 fully saturated rings.